The van der Waals surface area contributed by atoms with Gasteiger partial charge in [-0.05, 0) is 46.3 Å². The van der Waals surface area contributed by atoms with E-state index in [9.17, 15) is 9.18 Å². The van der Waals surface area contributed by atoms with Crippen molar-refractivity contribution >= 4 is 36.6 Å². The minimum Gasteiger partial charge on any atom is -0.464 e. The molecular weight excluding hydrogens is 362 g/mol. The summed E-state index contributed by atoms with van der Waals surface area (Å²) in [7, 11) is -1.25. The Balaban J connectivity index is 2.49. The van der Waals surface area contributed by atoms with Gasteiger partial charge in [-0.15, -0.1) is 0 Å². The van der Waals surface area contributed by atoms with Gasteiger partial charge in [-0.25, -0.2) is 9.18 Å². The molecule has 0 aliphatic carbocycles. The third-order valence-corrected chi connectivity index (χ3v) is 4.89. The van der Waals surface area contributed by atoms with Gasteiger partial charge in [-0.1, -0.05) is 31.8 Å². The van der Waals surface area contributed by atoms with Crippen molar-refractivity contribution < 1.29 is 13.9 Å². The fraction of sp³-hybridized carbons (Fsp3) is 0.462. The lowest BCUT2D eigenvalue weighted by Crippen LogP contribution is -2.23. The van der Waals surface area contributed by atoms with Gasteiger partial charge in [0, 0.05) is 11.6 Å². The number of alkyl halides is 1. The summed E-state index contributed by atoms with van der Waals surface area (Å²) in [5.41, 5.74) is 0.355. The summed E-state index contributed by atoms with van der Waals surface area (Å²) in [5.74, 6) is -0.783. The maximum Gasteiger partial charge on any atom is 0.345 e. The molecule has 0 aliphatic heterocycles. The molecule has 0 radical (unpaired) electrons. The smallest absolute Gasteiger partial charge is 0.345 e. The van der Waals surface area contributed by atoms with E-state index in [-0.39, 0.29) is 0 Å². The Morgan fingerprint density at radius 3 is 2.39 bits per heavy atom. The zero-order valence-electron chi connectivity index (χ0n) is 10.9. The first kappa shape index (κ1) is 15.6. The maximum atomic E-state index is 13.8. The molecule has 2 nitrogen and oxygen atoms in total. The van der Waals surface area contributed by atoms with Crippen LogP contribution in [0.1, 0.15) is 11.7 Å². The molecule has 0 spiro atoms. The van der Waals surface area contributed by atoms with Crippen LogP contribution in [0, 0.1) is 3.57 Å². The molecule has 100 valence electrons. The number of ether oxygens (including phenoxy) is 1. The second-order valence-corrected chi connectivity index (χ2v) is 12.3. The van der Waals surface area contributed by atoms with Crippen LogP contribution in [0.2, 0.25) is 25.7 Å². The van der Waals surface area contributed by atoms with E-state index in [1.54, 1.807) is 24.3 Å². The van der Waals surface area contributed by atoms with Crippen molar-refractivity contribution in [3.05, 3.63) is 33.4 Å². The third kappa shape index (κ3) is 5.47. The van der Waals surface area contributed by atoms with E-state index in [4.69, 9.17) is 4.74 Å². The van der Waals surface area contributed by atoms with Gasteiger partial charge < -0.3 is 4.74 Å². The molecule has 5 heteroatoms. The molecule has 0 bridgehead atoms. The minimum atomic E-state index is -1.68. The summed E-state index contributed by atoms with van der Waals surface area (Å²) in [6.45, 7) is 6.88. The number of hydrogen-bond donors (Lipinski definition) is 0. The lowest BCUT2D eigenvalue weighted by molar-refractivity contribution is -0.149. The van der Waals surface area contributed by atoms with Gasteiger partial charge in [0.1, 0.15) is 0 Å². The average Bonchev–Trinajstić information content (AvgIpc) is 2.27. The molecule has 0 saturated carbocycles. The summed E-state index contributed by atoms with van der Waals surface area (Å²) in [4.78, 5) is 11.5. The molecule has 0 aromatic heterocycles. The highest BCUT2D eigenvalue weighted by Crippen LogP contribution is 2.20. The zero-order valence-corrected chi connectivity index (χ0v) is 14.0. The molecule has 0 saturated heterocycles. The summed E-state index contributed by atoms with van der Waals surface area (Å²) >= 11 is 2.13. The summed E-state index contributed by atoms with van der Waals surface area (Å²) < 4.78 is 19.8. The zero-order chi connectivity index (χ0) is 13.8. The van der Waals surface area contributed by atoms with Gasteiger partial charge >= 0.3 is 5.97 Å². The summed E-state index contributed by atoms with van der Waals surface area (Å²) in [6.07, 6.45) is -1.68. The SMILES string of the molecule is C[Si](C)(C)CCOC(=O)C(F)c1ccc(I)cc1. The van der Waals surface area contributed by atoms with Crippen molar-refractivity contribution in [2.45, 2.75) is 31.9 Å². The van der Waals surface area contributed by atoms with Crippen LogP contribution in [0.4, 0.5) is 4.39 Å². The van der Waals surface area contributed by atoms with Gasteiger partial charge in [0.25, 0.3) is 0 Å². The Hall–Kier alpha value is -0.433. The summed E-state index contributed by atoms with van der Waals surface area (Å²) in [5, 5.41) is 0. The minimum absolute atomic E-state index is 0.319. The van der Waals surface area contributed by atoms with Crippen LogP contribution in [0.5, 0.6) is 0 Å². The van der Waals surface area contributed by atoms with Gasteiger partial charge in [-0.3, -0.25) is 0 Å². The number of hydrogen-bond acceptors (Lipinski definition) is 2. The van der Waals surface area contributed by atoms with Crippen molar-refractivity contribution in [3.8, 4) is 0 Å². The van der Waals surface area contributed by atoms with Gasteiger partial charge in [0.15, 0.2) is 0 Å². The fourth-order valence-electron chi connectivity index (χ4n) is 1.30. The van der Waals surface area contributed by atoms with Crippen molar-refractivity contribution in [1.29, 1.82) is 0 Å². The van der Waals surface area contributed by atoms with Crippen molar-refractivity contribution in [2.75, 3.05) is 6.61 Å². The molecule has 18 heavy (non-hydrogen) atoms. The molecule has 1 aromatic rings. The van der Waals surface area contributed by atoms with Gasteiger partial charge in [-0.2, -0.15) is 0 Å². The second kappa shape index (κ2) is 6.65. The Kier molecular flexibility index (Phi) is 5.77. The molecule has 1 rings (SSSR count). The van der Waals surface area contributed by atoms with Crippen LogP contribution in [-0.2, 0) is 9.53 Å². The van der Waals surface area contributed by atoms with Crippen molar-refractivity contribution in [3.63, 3.8) is 0 Å². The fourth-order valence-corrected chi connectivity index (χ4v) is 2.37. The average molecular weight is 380 g/mol. The van der Waals surface area contributed by atoms with Crippen LogP contribution < -0.4 is 0 Å². The van der Waals surface area contributed by atoms with Crippen molar-refractivity contribution in [2.24, 2.45) is 0 Å². The predicted molar refractivity (Wildman–Crippen MR) is 82.1 cm³/mol. The van der Waals surface area contributed by atoms with Gasteiger partial charge in [0.05, 0.1) is 6.61 Å². The first-order valence-electron chi connectivity index (χ1n) is 5.86. The highest BCUT2D eigenvalue weighted by Gasteiger charge is 2.22. The molecule has 1 aromatic carbocycles. The monoisotopic (exact) mass is 380 g/mol. The predicted octanol–water partition coefficient (Wildman–Crippen LogP) is 4.18. The van der Waals surface area contributed by atoms with E-state index in [0.29, 0.717) is 12.2 Å². The van der Waals surface area contributed by atoms with E-state index < -0.39 is 20.2 Å². The molecule has 0 amide bonds. The first-order chi connectivity index (χ1) is 8.29. The van der Waals surface area contributed by atoms with Crippen LogP contribution in [0.15, 0.2) is 24.3 Å². The second-order valence-electron chi connectivity index (χ2n) is 5.39. The maximum absolute atomic E-state index is 13.8. The Labute approximate surface area is 122 Å². The lowest BCUT2D eigenvalue weighted by atomic mass is 10.1. The quantitative estimate of drug-likeness (QED) is 0.435. The van der Waals surface area contributed by atoms with E-state index in [0.717, 1.165) is 9.61 Å². The number of carbonyl (C=O) groups is 1. The van der Waals surface area contributed by atoms with E-state index >= 15 is 0 Å². The van der Waals surface area contributed by atoms with Crippen molar-refractivity contribution in [1.82, 2.24) is 0 Å². The van der Waals surface area contributed by atoms with Crippen LogP contribution in [-0.4, -0.2) is 20.7 Å². The topological polar surface area (TPSA) is 26.3 Å². The Bertz CT molecular complexity index is 400. The van der Waals surface area contributed by atoms with E-state index in [2.05, 4.69) is 42.2 Å². The number of esters is 1. The highest BCUT2D eigenvalue weighted by atomic mass is 127. The third-order valence-electron chi connectivity index (χ3n) is 2.47. The normalized spacial score (nSPS) is 13.2. The lowest BCUT2D eigenvalue weighted by Gasteiger charge is -2.16. The number of halogens is 2. The molecule has 0 heterocycles. The Morgan fingerprint density at radius 1 is 1.33 bits per heavy atom. The first-order valence-corrected chi connectivity index (χ1v) is 10.6. The van der Waals surface area contributed by atoms with Crippen LogP contribution in [0.25, 0.3) is 0 Å². The van der Waals surface area contributed by atoms with Crippen LogP contribution >= 0.6 is 22.6 Å². The van der Waals surface area contributed by atoms with Crippen LogP contribution in [0.3, 0.4) is 0 Å². The number of carbonyl (C=O) groups excluding carboxylic acids is 1. The molecule has 0 aliphatic rings. The van der Waals surface area contributed by atoms with E-state index in [1.807, 2.05) is 0 Å². The molecule has 0 fully saturated rings. The molecule has 1 unspecified atom stereocenters. The van der Waals surface area contributed by atoms with Gasteiger partial charge in [0.2, 0.25) is 6.17 Å². The number of rotatable bonds is 5. The highest BCUT2D eigenvalue weighted by molar-refractivity contribution is 14.1. The van der Waals surface area contributed by atoms with E-state index in [1.165, 1.54) is 0 Å². The standard InChI is InChI=1S/C13H18FIO2Si/c1-18(2,3)9-8-17-13(16)12(14)10-4-6-11(15)7-5-10/h4-7,12H,8-9H2,1-3H3. The largest absolute Gasteiger partial charge is 0.464 e. The molecular formula is C13H18FIO2Si. The molecule has 0 N–H and O–H groups in total. The molecule has 1 atom stereocenters. The Morgan fingerprint density at radius 2 is 1.89 bits per heavy atom. The summed E-state index contributed by atoms with van der Waals surface area (Å²) in [6, 6.07) is 7.65. The number of benzene rings is 1.